The molecule has 1 fully saturated rings. The quantitative estimate of drug-likeness (QED) is 0.730. The van der Waals surface area contributed by atoms with Gasteiger partial charge < -0.3 is 5.32 Å². The van der Waals surface area contributed by atoms with Crippen molar-refractivity contribution in [2.45, 2.75) is 12.5 Å². The van der Waals surface area contributed by atoms with Gasteiger partial charge in [-0.15, -0.1) is 23.7 Å². The molecule has 4 heteroatoms. The molecule has 0 aliphatic carbocycles. The maximum atomic E-state index is 3.48. The first kappa shape index (κ1) is 10.4. The van der Waals surface area contributed by atoms with Crippen molar-refractivity contribution >= 4 is 23.7 Å². The van der Waals surface area contributed by atoms with Crippen molar-refractivity contribution in [2.24, 2.45) is 0 Å². The summed E-state index contributed by atoms with van der Waals surface area (Å²) in [4.78, 5) is 4.23. The van der Waals surface area contributed by atoms with Crippen molar-refractivity contribution in [1.29, 1.82) is 0 Å². The van der Waals surface area contributed by atoms with Gasteiger partial charge in [0.05, 0.1) is 6.04 Å². The summed E-state index contributed by atoms with van der Waals surface area (Å²) in [6, 6.07) is 2.98. The number of fused-ring (bicyclic) bond motifs is 3. The van der Waals surface area contributed by atoms with Crippen LogP contribution < -0.4 is 5.32 Å². The van der Waals surface area contributed by atoms with E-state index in [9.17, 15) is 0 Å². The standard InChI is InChI=1S/C10H14N2S.ClH/c1-4-12-5-3-11-7-9(12)10-8(1)2-6-13-10;/h2,6,9,11H,1,3-5,7H2;1H. The van der Waals surface area contributed by atoms with E-state index in [1.54, 1.807) is 10.4 Å². The molecule has 3 rings (SSSR count). The third-order valence-electron chi connectivity index (χ3n) is 3.11. The van der Waals surface area contributed by atoms with Crippen LogP contribution in [0.3, 0.4) is 0 Å². The maximum Gasteiger partial charge on any atom is 0.0569 e. The van der Waals surface area contributed by atoms with Gasteiger partial charge in [-0.1, -0.05) is 0 Å². The lowest BCUT2D eigenvalue weighted by Crippen LogP contribution is -2.48. The molecule has 0 bridgehead atoms. The van der Waals surface area contributed by atoms with Crippen molar-refractivity contribution in [2.75, 3.05) is 26.2 Å². The first-order valence-electron chi connectivity index (χ1n) is 4.96. The van der Waals surface area contributed by atoms with E-state index in [0.717, 1.165) is 13.1 Å². The van der Waals surface area contributed by atoms with Crippen LogP contribution in [0.2, 0.25) is 0 Å². The van der Waals surface area contributed by atoms with Crippen molar-refractivity contribution in [3.05, 3.63) is 21.9 Å². The zero-order valence-electron chi connectivity index (χ0n) is 8.03. The Bertz CT molecular complexity index is 313. The molecule has 1 unspecified atom stereocenters. The molecule has 0 saturated carbocycles. The van der Waals surface area contributed by atoms with Crippen LogP contribution in [0.25, 0.3) is 0 Å². The van der Waals surface area contributed by atoms with Crippen LogP contribution >= 0.6 is 23.7 Å². The molecule has 1 atom stereocenters. The Morgan fingerprint density at radius 1 is 1.43 bits per heavy atom. The van der Waals surface area contributed by atoms with Crippen LogP contribution in [0.15, 0.2) is 11.4 Å². The summed E-state index contributed by atoms with van der Waals surface area (Å²) in [6.45, 7) is 4.79. The van der Waals surface area contributed by atoms with E-state index < -0.39 is 0 Å². The minimum absolute atomic E-state index is 0. The summed E-state index contributed by atoms with van der Waals surface area (Å²) in [5.74, 6) is 0. The first-order valence-corrected chi connectivity index (χ1v) is 5.84. The van der Waals surface area contributed by atoms with Crippen LogP contribution in [-0.4, -0.2) is 31.1 Å². The molecule has 2 nitrogen and oxygen atoms in total. The molecule has 1 saturated heterocycles. The van der Waals surface area contributed by atoms with Gasteiger partial charge in [0.25, 0.3) is 0 Å². The van der Waals surface area contributed by atoms with Gasteiger partial charge in [-0.05, 0) is 23.4 Å². The molecule has 0 aromatic carbocycles. The molecule has 2 aliphatic rings. The maximum absolute atomic E-state index is 3.48. The average Bonchev–Trinajstić information content (AvgIpc) is 2.65. The lowest BCUT2D eigenvalue weighted by atomic mass is 10.0. The highest BCUT2D eigenvalue weighted by molar-refractivity contribution is 7.10. The molecule has 2 aliphatic heterocycles. The molecule has 1 aromatic heterocycles. The molecule has 1 aromatic rings. The highest BCUT2D eigenvalue weighted by Crippen LogP contribution is 2.34. The molecular formula is C10H15ClN2S. The second kappa shape index (κ2) is 4.19. The first-order chi connectivity index (χ1) is 6.45. The SMILES string of the molecule is Cl.c1cc2c(s1)C1CNCCN1CC2. The summed E-state index contributed by atoms with van der Waals surface area (Å²) in [7, 11) is 0. The summed E-state index contributed by atoms with van der Waals surface area (Å²) in [5.41, 5.74) is 1.59. The molecular weight excluding hydrogens is 216 g/mol. The molecule has 0 radical (unpaired) electrons. The molecule has 1 N–H and O–H groups in total. The number of thiophene rings is 1. The van der Waals surface area contributed by atoms with Crippen LogP contribution in [0, 0.1) is 0 Å². The summed E-state index contributed by atoms with van der Waals surface area (Å²) < 4.78 is 0. The Morgan fingerprint density at radius 3 is 3.29 bits per heavy atom. The number of hydrogen-bond acceptors (Lipinski definition) is 3. The fourth-order valence-electron chi connectivity index (χ4n) is 2.38. The molecule has 0 spiro atoms. The normalized spacial score (nSPS) is 26.1. The number of hydrogen-bond donors (Lipinski definition) is 1. The second-order valence-electron chi connectivity index (χ2n) is 3.82. The van der Waals surface area contributed by atoms with Crippen molar-refractivity contribution in [3.63, 3.8) is 0 Å². The van der Waals surface area contributed by atoms with Crippen LogP contribution in [0.4, 0.5) is 0 Å². The van der Waals surface area contributed by atoms with E-state index in [-0.39, 0.29) is 12.4 Å². The fourth-order valence-corrected chi connectivity index (χ4v) is 3.47. The molecule has 3 heterocycles. The predicted molar refractivity (Wildman–Crippen MR) is 62.5 cm³/mol. The highest BCUT2D eigenvalue weighted by atomic mass is 35.5. The lowest BCUT2D eigenvalue weighted by Gasteiger charge is -2.39. The smallest absolute Gasteiger partial charge is 0.0569 e. The molecule has 0 amide bonds. The van der Waals surface area contributed by atoms with Crippen LogP contribution in [0.5, 0.6) is 0 Å². The Morgan fingerprint density at radius 2 is 2.36 bits per heavy atom. The Kier molecular flexibility index (Phi) is 3.12. The summed E-state index contributed by atoms with van der Waals surface area (Å²) in [6.07, 6.45) is 1.26. The third kappa shape index (κ3) is 1.58. The zero-order chi connectivity index (χ0) is 8.67. The van der Waals surface area contributed by atoms with Gasteiger partial charge in [-0.25, -0.2) is 0 Å². The van der Waals surface area contributed by atoms with Gasteiger partial charge in [-0.3, -0.25) is 4.90 Å². The molecule has 78 valence electrons. The lowest BCUT2D eigenvalue weighted by molar-refractivity contribution is 0.155. The van der Waals surface area contributed by atoms with Gasteiger partial charge in [0.2, 0.25) is 0 Å². The number of piperazine rings is 1. The number of halogens is 1. The summed E-state index contributed by atoms with van der Waals surface area (Å²) in [5, 5.41) is 5.72. The average molecular weight is 231 g/mol. The van der Waals surface area contributed by atoms with Gasteiger partial charge >= 0.3 is 0 Å². The Balaban J connectivity index is 0.000000750. The van der Waals surface area contributed by atoms with Gasteiger partial charge in [-0.2, -0.15) is 0 Å². The Labute approximate surface area is 94.7 Å². The van der Waals surface area contributed by atoms with Gasteiger partial charge in [0.15, 0.2) is 0 Å². The number of nitrogens with one attached hydrogen (secondary N) is 1. The van der Waals surface area contributed by atoms with Gasteiger partial charge in [0, 0.05) is 31.1 Å². The van der Waals surface area contributed by atoms with Gasteiger partial charge in [0.1, 0.15) is 0 Å². The van der Waals surface area contributed by atoms with Crippen LogP contribution in [0.1, 0.15) is 16.5 Å². The van der Waals surface area contributed by atoms with E-state index in [4.69, 9.17) is 0 Å². The minimum atomic E-state index is 0. The Hall–Kier alpha value is -0.0900. The van der Waals surface area contributed by atoms with Crippen molar-refractivity contribution in [3.8, 4) is 0 Å². The topological polar surface area (TPSA) is 15.3 Å². The van der Waals surface area contributed by atoms with E-state index in [0.29, 0.717) is 6.04 Å². The monoisotopic (exact) mass is 230 g/mol. The van der Waals surface area contributed by atoms with Crippen molar-refractivity contribution in [1.82, 2.24) is 10.2 Å². The minimum Gasteiger partial charge on any atom is -0.314 e. The summed E-state index contributed by atoms with van der Waals surface area (Å²) >= 11 is 1.93. The van der Waals surface area contributed by atoms with E-state index >= 15 is 0 Å². The number of nitrogens with zero attached hydrogens (tertiary/aromatic N) is 1. The third-order valence-corrected chi connectivity index (χ3v) is 4.17. The fraction of sp³-hybridized carbons (Fsp3) is 0.600. The zero-order valence-corrected chi connectivity index (χ0v) is 9.66. The van der Waals surface area contributed by atoms with E-state index in [1.807, 2.05) is 11.3 Å². The molecule has 14 heavy (non-hydrogen) atoms. The highest BCUT2D eigenvalue weighted by Gasteiger charge is 2.29. The van der Waals surface area contributed by atoms with Crippen LogP contribution in [-0.2, 0) is 6.42 Å². The van der Waals surface area contributed by atoms with E-state index in [2.05, 4.69) is 21.7 Å². The number of rotatable bonds is 0. The largest absolute Gasteiger partial charge is 0.314 e. The predicted octanol–water partition coefficient (Wildman–Crippen LogP) is 1.67. The van der Waals surface area contributed by atoms with E-state index in [1.165, 1.54) is 19.5 Å². The van der Waals surface area contributed by atoms with Crippen molar-refractivity contribution < 1.29 is 0 Å². The second-order valence-corrected chi connectivity index (χ2v) is 4.76.